The highest BCUT2D eigenvalue weighted by Crippen LogP contribution is 2.16. The third-order valence-electron chi connectivity index (χ3n) is 3.26. The molecule has 2 heterocycles. The molecule has 0 fully saturated rings. The van der Waals surface area contributed by atoms with Gasteiger partial charge in [0.15, 0.2) is 0 Å². The second kappa shape index (κ2) is 7.04. The molecule has 0 aliphatic heterocycles. The van der Waals surface area contributed by atoms with E-state index < -0.39 is 0 Å². The summed E-state index contributed by atoms with van der Waals surface area (Å²) in [5.41, 5.74) is 1.22. The number of hydrogen-bond donors (Lipinski definition) is 1. The summed E-state index contributed by atoms with van der Waals surface area (Å²) in [6.45, 7) is 6.29. The van der Waals surface area contributed by atoms with Gasteiger partial charge in [-0.25, -0.2) is 4.98 Å². The fraction of sp³-hybridized carbons (Fsp3) is 0.467. The molecule has 0 aromatic carbocycles. The third kappa shape index (κ3) is 3.64. The topological polar surface area (TPSA) is 42.7 Å². The number of imidazole rings is 1. The van der Waals surface area contributed by atoms with Crippen LogP contribution < -0.4 is 5.32 Å². The highest BCUT2D eigenvalue weighted by Gasteiger charge is 2.14. The van der Waals surface area contributed by atoms with E-state index in [0.717, 1.165) is 31.8 Å². The van der Waals surface area contributed by atoms with Gasteiger partial charge in [0.05, 0.1) is 0 Å². The van der Waals surface area contributed by atoms with Gasteiger partial charge < -0.3 is 9.88 Å². The highest BCUT2D eigenvalue weighted by atomic mass is 15.1. The lowest BCUT2D eigenvalue weighted by atomic mass is 10.1. The summed E-state index contributed by atoms with van der Waals surface area (Å²) in [6.07, 6.45) is 9.68. The van der Waals surface area contributed by atoms with Crippen LogP contribution in [0.15, 0.2) is 36.9 Å². The number of nitrogens with zero attached hydrogens (tertiary/aromatic N) is 3. The molecule has 102 valence electrons. The van der Waals surface area contributed by atoms with E-state index in [1.165, 1.54) is 5.56 Å². The van der Waals surface area contributed by atoms with Gasteiger partial charge in [-0.1, -0.05) is 13.0 Å². The molecule has 1 unspecified atom stereocenters. The number of aryl methyl sites for hydroxylation is 1. The third-order valence-corrected chi connectivity index (χ3v) is 3.26. The van der Waals surface area contributed by atoms with E-state index in [1.807, 2.05) is 30.9 Å². The molecule has 0 amide bonds. The number of aromatic nitrogens is 3. The quantitative estimate of drug-likeness (QED) is 0.830. The van der Waals surface area contributed by atoms with Crippen LogP contribution in [0.3, 0.4) is 0 Å². The Bertz CT molecular complexity index is 478. The van der Waals surface area contributed by atoms with Crippen molar-refractivity contribution >= 4 is 0 Å². The molecule has 4 heteroatoms. The van der Waals surface area contributed by atoms with Gasteiger partial charge in [0.2, 0.25) is 0 Å². The minimum absolute atomic E-state index is 0.279. The lowest BCUT2D eigenvalue weighted by molar-refractivity contribution is 0.505. The molecule has 0 radical (unpaired) electrons. The van der Waals surface area contributed by atoms with Crippen LogP contribution in [0.4, 0.5) is 0 Å². The number of rotatable bonds is 7. The van der Waals surface area contributed by atoms with Crippen LogP contribution in [0.5, 0.6) is 0 Å². The van der Waals surface area contributed by atoms with Crippen LogP contribution in [-0.4, -0.2) is 21.1 Å². The van der Waals surface area contributed by atoms with Crippen LogP contribution in [0.1, 0.15) is 37.7 Å². The molecular weight excluding hydrogens is 236 g/mol. The van der Waals surface area contributed by atoms with E-state index in [2.05, 4.69) is 39.8 Å². The van der Waals surface area contributed by atoms with E-state index in [0.29, 0.717) is 0 Å². The smallest absolute Gasteiger partial charge is 0.110 e. The summed E-state index contributed by atoms with van der Waals surface area (Å²) in [5.74, 6) is 1.12. The largest absolute Gasteiger partial charge is 0.335 e. The van der Waals surface area contributed by atoms with Crippen LogP contribution in [0.25, 0.3) is 0 Å². The van der Waals surface area contributed by atoms with Crippen LogP contribution in [0.2, 0.25) is 0 Å². The van der Waals surface area contributed by atoms with Crippen molar-refractivity contribution in [2.75, 3.05) is 6.54 Å². The zero-order valence-corrected chi connectivity index (χ0v) is 11.7. The Kier molecular flexibility index (Phi) is 5.10. The Balaban J connectivity index is 2.14. The zero-order valence-electron chi connectivity index (χ0n) is 11.7. The maximum Gasteiger partial charge on any atom is 0.110 e. The molecule has 0 spiro atoms. The summed E-state index contributed by atoms with van der Waals surface area (Å²) in [5, 5.41) is 3.58. The van der Waals surface area contributed by atoms with Gasteiger partial charge in [0.1, 0.15) is 5.82 Å². The standard InChI is InChI=1S/C15H22N4/c1-3-7-17-14(13-6-5-8-16-12-13)11-15-18-9-10-19(15)4-2/h5-6,8-10,12,14,17H,3-4,7,11H2,1-2H3. The summed E-state index contributed by atoms with van der Waals surface area (Å²) in [4.78, 5) is 8.68. The lowest BCUT2D eigenvalue weighted by Gasteiger charge is -2.18. The van der Waals surface area contributed by atoms with Crippen molar-refractivity contribution in [3.05, 3.63) is 48.3 Å². The molecule has 1 N–H and O–H groups in total. The maximum absolute atomic E-state index is 4.46. The molecule has 19 heavy (non-hydrogen) atoms. The molecular formula is C15H22N4. The Hall–Kier alpha value is -1.68. The average molecular weight is 258 g/mol. The number of pyridine rings is 1. The van der Waals surface area contributed by atoms with Gasteiger partial charge in [0, 0.05) is 43.8 Å². The van der Waals surface area contributed by atoms with Crippen LogP contribution >= 0.6 is 0 Å². The zero-order chi connectivity index (χ0) is 13.5. The first-order valence-electron chi connectivity index (χ1n) is 6.98. The molecule has 0 saturated carbocycles. The SMILES string of the molecule is CCCNC(Cc1nccn1CC)c1cccnc1. The van der Waals surface area contributed by atoms with E-state index in [9.17, 15) is 0 Å². The first-order valence-corrected chi connectivity index (χ1v) is 6.98. The Morgan fingerprint density at radius 2 is 2.21 bits per heavy atom. The van der Waals surface area contributed by atoms with Crippen molar-refractivity contribution in [3.63, 3.8) is 0 Å². The lowest BCUT2D eigenvalue weighted by Crippen LogP contribution is -2.25. The Morgan fingerprint density at radius 1 is 1.32 bits per heavy atom. The molecule has 0 aliphatic rings. The second-order valence-electron chi connectivity index (χ2n) is 4.63. The van der Waals surface area contributed by atoms with Gasteiger partial charge in [0.25, 0.3) is 0 Å². The van der Waals surface area contributed by atoms with Gasteiger partial charge in [-0.15, -0.1) is 0 Å². The second-order valence-corrected chi connectivity index (χ2v) is 4.63. The predicted octanol–water partition coefficient (Wildman–Crippen LogP) is 2.58. The van der Waals surface area contributed by atoms with E-state index >= 15 is 0 Å². The number of hydrogen-bond acceptors (Lipinski definition) is 3. The fourth-order valence-electron chi connectivity index (χ4n) is 2.21. The molecule has 1 atom stereocenters. The minimum Gasteiger partial charge on any atom is -0.335 e. The van der Waals surface area contributed by atoms with Crippen molar-refractivity contribution in [2.45, 2.75) is 39.3 Å². The van der Waals surface area contributed by atoms with E-state index in [4.69, 9.17) is 0 Å². The molecule has 2 rings (SSSR count). The fourth-order valence-corrected chi connectivity index (χ4v) is 2.21. The normalized spacial score (nSPS) is 12.5. The van der Waals surface area contributed by atoms with Crippen molar-refractivity contribution in [2.24, 2.45) is 0 Å². The molecule has 2 aromatic rings. The monoisotopic (exact) mass is 258 g/mol. The average Bonchev–Trinajstić information content (AvgIpc) is 2.91. The first kappa shape index (κ1) is 13.7. The maximum atomic E-state index is 4.46. The summed E-state index contributed by atoms with van der Waals surface area (Å²) < 4.78 is 2.19. The Labute approximate surface area is 114 Å². The van der Waals surface area contributed by atoms with Crippen LogP contribution in [0, 0.1) is 0 Å². The highest BCUT2D eigenvalue weighted by molar-refractivity contribution is 5.16. The number of nitrogens with one attached hydrogen (secondary N) is 1. The van der Waals surface area contributed by atoms with E-state index in [-0.39, 0.29) is 6.04 Å². The molecule has 0 bridgehead atoms. The summed E-state index contributed by atoms with van der Waals surface area (Å²) >= 11 is 0. The molecule has 2 aromatic heterocycles. The van der Waals surface area contributed by atoms with Crippen molar-refractivity contribution in [1.82, 2.24) is 19.9 Å². The molecule has 0 aliphatic carbocycles. The van der Waals surface area contributed by atoms with Crippen LogP contribution in [-0.2, 0) is 13.0 Å². The van der Waals surface area contributed by atoms with Gasteiger partial charge in [-0.05, 0) is 31.5 Å². The van der Waals surface area contributed by atoms with E-state index in [1.54, 1.807) is 0 Å². The van der Waals surface area contributed by atoms with Gasteiger partial charge >= 0.3 is 0 Å². The molecule has 0 saturated heterocycles. The van der Waals surface area contributed by atoms with Crippen molar-refractivity contribution < 1.29 is 0 Å². The summed E-state index contributed by atoms with van der Waals surface area (Å²) in [7, 11) is 0. The van der Waals surface area contributed by atoms with Crippen molar-refractivity contribution in [1.29, 1.82) is 0 Å². The van der Waals surface area contributed by atoms with Crippen molar-refractivity contribution in [3.8, 4) is 0 Å². The summed E-state index contributed by atoms with van der Waals surface area (Å²) in [6, 6.07) is 4.39. The first-order chi connectivity index (χ1) is 9.35. The van der Waals surface area contributed by atoms with Gasteiger partial charge in [-0.3, -0.25) is 4.98 Å². The minimum atomic E-state index is 0.279. The Morgan fingerprint density at radius 3 is 2.89 bits per heavy atom. The predicted molar refractivity (Wildman–Crippen MR) is 76.9 cm³/mol. The van der Waals surface area contributed by atoms with Gasteiger partial charge in [-0.2, -0.15) is 0 Å². The molecule has 4 nitrogen and oxygen atoms in total.